The number of benzene rings is 2. The van der Waals surface area contributed by atoms with Crippen molar-refractivity contribution in [2.75, 3.05) is 11.9 Å². The van der Waals surface area contributed by atoms with Gasteiger partial charge in [0.2, 0.25) is 0 Å². The Morgan fingerprint density at radius 1 is 0.967 bits per heavy atom. The molecule has 0 aliphatic heterocycles. The van der Waals surface area contributed by atoms with Gasteiger partial charge in [0.1, 0.15) is 0 Å². The molecule has 6 heteroatoms. The number of hydrogen-bond donors (Lipinski definition) is 1. The fourth-order valence-electron chi connectivity index (χ4n) is 3.21. The lowest BCUT2D eigenvalue weighted by molar-refractivity contribution is -0.119. The predicted molar refractivity (Wildman–Crippen MR) is 115 cm³/mol. The quantitative estimate of drug-likeness (QED) is 0.474. The highest BCUT2D eigenvalue weighted by Gasteiger charge is 2.18. The summed E-state index contributed by atoms with van der Waals surface area (Å²) in [6.45, 7) is 5.54. The molecule has 30 heavy (non-hydrogen) atoms. The van der Waals surface area contributed by atoms with Crippen molar-refractivity contribution in [3.63, 3.8) is 0 Å². The van der Waals surface area contributed by atoms with Crippen LogP contribution in [0.3, 0.4) is 0 Å². The van der Waals surface area contributed by atoms with Crippen LogP contribution in [0, 0.1) is 13.8 Å². The normalized spacial score (nSPS) is 10.5. The van der Waals surface area contributed by atoms with Gasteiger partial charge in [-0.2, -0.15) is 0 Å². The average Bonchev–Trinajstić information content (AvgIpc) is 3.01. The Kier molecular flexibility index (Phi) is 6.47. The van der Waals surface area contributed by atoms with E-state index in [-0.39, 0.29) is 5.78 Å². The number of rotatable bonds is 7. The second-order valence-corrected chi connectivity index (χ2v) is 7.11. The lowest BCUT2D eigenvalue weighted by Crippen LogP contribution is -2.21. The van der Waals surface area contributed by atoms with E-state index in [1.165, 1.54) is 6.92 Å². The van der Waals surface area contributed by atoms with Gasteiger partial charge in [0.15, 0.2) is 12.4 Å². The molecule has 0 aliphatic rings. The molecule has 154 valence electrons. The Labute approximate surface area is 175 Å². The van der Waals surface area contributed by atoms with E-state index in [2.05, 4.69) is 5.32 Å². The molecule has 1 aromatic heterocycles. The van der Waals surface area contributed by atoms with Gasteiger partial charge in [-0.3, -0.25) is 9.59 Å². The third-order valence-electron chi connectivity index (χ3n) is 4.89. The van der Waals surface area contributed by atoms with E-state index in [1.807, 2.05) is 48.7 Å². The SMILES string of the molecule is CC(=O)c1ccc(NC(=O)COC(=O)c2cc(C)n(Cc3ccccc3)c2C)cc1. The number of ketones is 1. The summed E-state index contributed by atoms with van der Waals surface area (Å²) in [5, 5.41) is 2.65. The van der Waals surface area contributed by atoms with Gasteiger partial charge in [0.05, 0.1) is 5.56 Å². The number of esters is 1. The number of aromatic nitrogens is 1. The van der Waals surface area contributed by atoms with Gasteiger partial charge < -0.3 is 14.6 Å². The zero-order valence-electron chi connectivity index (χ0n) is 17.3. The van der Waals surface area contributed by atoms with Crippen molar-refractivity contribution in [3.05, 3.63) is 88.7 Å². The third-order valence-corrected chi connectivity index (χ3v) is 4.89. The maximum absolute atomic E-state index is 12.5. The first-order valence-electron chi connectivity index (χ1n) is 9.64. The smallest absolute Gasteiger partial charge is 0.340 e. The number of Topliss-reactive ketones (excluding diaryl/α,β-unsaturated/α-hetero) is 1. The fraction of sp³-hybridized carbons (Fsp3) is 0.208. The lowest BCUT2D eigenvalue weighted by Gasteiger charge is -2.10. The van der Waals surface area contributed by atoms with Crippen molar-refractivity contribution in [1.82, 2.24) is 4.57 Å². The number of carbonyl (C=O) groups excluding carboxylic acids is 3. The van der Waals surface area contributed by atoms with E-state index < -0.39 is 18.5 Å². The molecule has 0 bridgehead atoms. The van der Waals surface area contributed by atoms with Crippen LogP contribution in [0.15, 0.2) is 60.7 Å². The van der Waals surface area contributed by atoms with E-state index in [9.17, 15) is 14.4 Å². The van der Waals surface area contributed by atoms with Crippen LogP contribution in [0.2, 0.25) is 0 Å². The zero-order chi connectivity index (χ0) is 21.7. The van der Waals surface area contributed by atoms with Crippen molar-refractivity contribution in [3.8, 4) is 0 Å². The van der Waals surface area contributed by atoms with Crippen LogP contribution in [0.25, 0.3) is 0 Å². The molecule has 6 nitrogen and oxygen atoms in total. The van der Waals surface area contributed by atoms with Crippen LogP contribution in [-0.2, 0) is 16.1 Å². The summed E-state index contributed by atoms with van der Waals surface area (Å²) in [5.41, 5.74) is 4.41. The van der Waals surface area contributed by atoms with Gasteiger partial charge in [0.25, 0.3) is 5.91 Å². The molecule has 0 radical (unpaired) electrons. The molecule has 0 unspecified atom stereocenters. The van der Waals surface area contributed by atoms with Crippen LogP contribution in [0.4, 0.5) is 5.69 Å². The van der Waals surface area contributed by atoms with Gasteiger partial charge in [-0.1, -0.05) is 30.3 Å². The summed E-state index contributed by atoms with van der Waals surface area (Å²) in [6, 6.07) is 18.3. The summed E-state index contributed by atoms with van der Waals surface area (Å²) < 4.78 is 7.25. The maximum Gasteiger partial charge on any atom is 0.340 e. The second-order valence-electron chi connectivity index (χ2n) is 7.11. The molecule has 0 spiro atoms. The molecule has 0 saturated heterocycles. The van der Waals surface area contributed by atoms with E-state index in [4.69, 9.17) is 4.74 Å². The Balaban J connectivity index is 1.60. The molecule has 1 heterocycles. The van der Waals surface area contributed by atoms with Gasteiger partial charge in [-0.05, 0) is 56.7 Å². The van der Waals surface area contributed by atoms with Crippen LogP contribution in [0.1, 0.15) is 44.6 Å². The fourth-order valence-corrected chi connectivity index (χ4v) is 3.21. The van der Waals surface area contributed by atoms with E-state index >= 15 is 0 Å². The summed E-state index contributed by atoms with van der Waals surface area (Å²) in [5.74, 6) is -1.03. The van der Waals surface area contributed by atoms with Crippen molar-refractivity contribution < 1.29 is 19.1 Å². The molecule has 1 amide bonds. The zero-order valence-corrected chi connectivity index (χ0v) is 17.3. The van der Waals surface area contributed by atoms with Gasteiger partial charge >= 0.3 is 5.97 Å². The predicted octanol–water partition coefficient (Wildman–Crippen LogP) is 4.15. The molecule has 0 aliphatic carbocycles. The highest BCUT2D eigenvalue weighted by atomic mass is 16.5. The standard InChI is InChI=1S/C24H24N2O4/c1-16-13-22(17(2)26(16)14-19-7-5-4-6-8-19)24(29)30-15-23(28)25-21-11-9-20(10-12-21)18(3)27/h4-13H,14-15H2,1-3H3,(H,25,28). The van der Waals surface area contributed by atoms with Crippen molar-refractivity contribution in [1.29, 1.82) is 0 Å². The first-order chi connectivity index (χ1) is 14.3. The highest BCUT2D eigenvalue weighted by molar-refractivity contribution is 5.97. The van der Waals surface area contributed by atoms with E-state index in [0.717, 1.165) is 17.0 Å². The topological polar surface area (TPSA) is 77.4 Å². The van der Waals surface area contributed by atoms with Gasteiger partial charge in [0, 0.05) is 29.2 Å². The Morgan fingerprint density at radius 3 is 2.27 bits per heavy atom. The Hall–Kier alpha value is -3.67. The Bertz CT molecular complexity index is 1070. The number of aryl methyl sites for hydroxylation is 1. The van der Waals surface area contributed by atoms with Crippen LogP contribution >= 0.6 is 0 Å². The number of nitrogens with zero attached hydrogens (tertiary/aromatic N) is 1. The van der Waals surface area contributed by atoms with Crippen molar-refractivity contribution in [2.24, 2.45) is 0 Å². The van der Waals surface area contributed by atoms with Crippen LogP contribution in [-0.4, -0.2) is 28.8 Å². The highest BCUT2D eigenvalue weighted by Crippen LogP contribution is 2.18. The first-order valence-corrected chi connectivity index (χ1v) is 9.64. The molecule has 0 fully saturated rings. The molecular formula is C24H24N2O4. The number of hydrogen-bond acceptors (Lipinski definition) is 4. The molecule has 3 rings (SSSR count). The monoisotopic (exact) mass is 404 g/mol. The number of ether oxygens (including phenoxy) is 1. The first kappa shape index (κ1) is 21.0. The number of amides is 1. The molecule has 0 atom stereocenters. The summed E-state index contributed by atoms with van der Waals surface area (Å²) >= 11 is 0. The summed E-state index contributed by atoms with van der Waals surface area (Å²) in [6.07, 6.45) is 0. The van der Waals surface area contributed by atoms with Crippen molar-refractivity contribution >= 4 is 23.3 Å². The van der Waals surface area contributed by atoms with Gasteiger partial charge in [-0.25, -0.2) is 4.79 Å². The minimum atomic E-state index is -0.538. The van der Waals surface area contributed by atoms with E-state index in [0.29, 0.717) is 23.4 Å². The Morgan fingerprint density at radius 2 is 1.63 bits per heavy atom. The average molecular weight is 404 g/mol. The molecule has 3 aromatic rings. The molecule has 0 saturated carbocycles. The number of nitrogens with one attached hydrogen (secondary N) is 1. The second kappa shape index (κ2) is 9.22. The largest absolute Gasteiger partial charge is 0.452 e. The van der Waals surface area contributed by atoms with Crippen LogP contribution < -0.4 is 5.32 Å². The molecule has 2 aromatic carbocycles. The van der Waals surface area contributed by atoms with Gasteiger partial charge in [-0.15, -0.1) is 0 Å². The molecular weight excluding hydrogens is 380 g/mol. The summed E-state index contributed by atoms with van der Waals surface area (Å²) in [4.78, 5) is 35.9. The molecule has 1 N–H and O–H groups in total. The van der Waals surface area contributed by atoms with Crippen molar-refractivity contribution in [2.45, 2.75) is 27.3 Å². The third kappa shape index (κ3) is 5.03. The minimum Gasteiger partial charge on any atom is -0.452 e. The van der Waals surface area contributed by atoms with E-state index in [1.54, 1.807) is 30.3 Å². The summed E-state index contributed by atoms with van der Waals surface area (Å²) in [7, 11) is 0. The lowest BCUT2D eigenvalue weighted by atomic mass is 10.1. The maximum atomic E-state index is 12.5. The minimum absolute atomic E-state index is 0.0494. The number of carbonyl (C=O) groups is 3. The van der Waals surface area contributed by atoms with Crippen LogP contribution in [0.5, 0.6) is 0 Å². The number of anilines is 1.